The molecule has 0 aliphatic carbocycles. The SMILES string of the molecule is CC(=O)Nc1cc(C(C)(C)C)c(Br)cc1CNC(C)(C)CO. The fourth-order valence-corrected chi connectivity index (χ4v) is 3.02. The van der Waals surface area contributed by atoms with Crippen molar-refractivity contribution in [3.05, 3.63) is 27.7 Å². The highest BCUT2D eigenvalue weighted by Crippen LogP contribution is 2.34. The van der Waals surface area contributed by atoms with Gasteiger partial charge in [-0.15, -0.1) is 0 Å². The van der Waals surface area contributed by atoms with Crippen LogP contribution in [-0.4, -0.2) is 23.2 Å². The van der Waals surface area contributed by atoms with Crippen LogP contribution in [0.2, 0.25) is 0 Å². The third-order valence-corrected chi connectivity index (χ3v) is 4.12. The predicted molar refractivity (Wildman–Crippen MR) is 95.2 cm³/mol. The average Bonchev–Trinajstić information content (AvgIpc) is 2.37. The Bertz CT molecular complexity index is 548. The number of rotatable bonds is 5. The molecular weight excluding hydrogens is 344 g/mol. The predicted octanol–water partition coefficient (Wildman–Crippen LogP) is 3.57. The Morgan fingerprint density at radius 1 is 1.23 bits per heavy atom. The summed E-state index contributed by atoms with van der Waals surface area (Å²) in [7, 11) is 0. The molecule has 4 nitrogen and oxygen atoms in total. The number of hydrogen-bond acceptors (Lipinski definition) is 3. The molecule has 5 heteroatoms. The summed E-state index contributed by atoms with van der Waals surface area (Å²) in [5.41, 5.74) is 2.53. The molecule has 0 aliphatic rings. The van der Waals surface area contributed by atoms with Gasteiger partial charge in [-0.25, -0.2) is 0 Å². The van der Waals surface area contributed by atoms with Gasteiger partial charge >= 0.3 is 0 Å². The molecule has 0 fully saturated rings. The number of halogens is 1. The molecule has 1 aromatic carbocycles. The number of hydrogen-bond donors (Lipinski definition) is 3. The van der Waals surface area contributed by atoms with Crippen LogP contribution >= 0.6 is 15.9 Å². The van der Waals surface area contributed by atoms with Gasteiger partial charge in [-0.1, -0.05) is 36.7 Å². The van der Waals surface area contributed by atoms with E-state index in [2.05, 4.69) is 47.3 Å². The molecule has 22 heavy (non-hydrogen) atoms. The van der Waals surface area contributed by atoms with Gasteiger partial charge < -0.3 is 15.7 Å². The average molecular weight is 371 g/mol. The highest BCUT2D eigenvalue weighted by Gasteiger charge is 2.21. The van der Waals surface area contributed by atoms with Gasteiger partial charge in [-0.3, -0.25) is 4.79 Å². The Morgan fingerprint density at radius 3 is 2.27 bits per heavy atom. The van der Waals surface area contributed by atoms with Crippen molar-refractivity contribution in [2.75, 3.05) is 11.9 Å². The van der Waals surface area contributed by atoms with Crippen molar-refractivity contribution >= 4 is 27.5 Å². The summed E-state index contributed by atoms with van der Waals surface area (Å²) < 4.78 is 1.02. The first-order valence-electron chi connectivity index (χ1n) is 7.42. The summed E-state index contributed by atoms with van der Waals surface area (Å²) in [6.07, 6.45) is 0. The van der Waals surface area contributed by atoms with Crippen molar-refractivity contribution in [2.24, 2.45) is 0 Å². The second-order valence-corrected chi connectivity index (χ2v) is 8.17. The minimum Gasteiger partial charge on any atom is -0.394 e. The second-order valence-electron chi connectivity index (χ2n) is 7.32. The zero-order valence-corrected chi connectivity index (χ0v) is 15.9. The largest absolute Gasteiger partial charge is 0.394 e. The molecule has 1 aromatic rings. The lowest BCUT2D eigenvalue weighted by atomic mass is 9.86. The third-order valence-electron chi connectivity index (χ3n) is 3.46. The number of aliphatic hydroxyl groups is 1. The van der Waals surface area contributed by atoms with Crippen molar-refractivity contribution in [3.63, 3.8) is 0 Å². The summed E-state index contributed by atoms with van der Waals surface area (Å²) in [4.78, 5) is 11.5. The Balaban J connectivity index is 3.20. The zero-order chi connectivity index (χ0) is 17.1. The fraction of sp³-hybridized carbons (Fsp3) is 0.588. The lowest BCUT2D eigenvalue weighted by molar-refractivity contribution is -0.114. The van der Waals surface area contributed by atoms with Crippen LogP contribution in [0, 0.1) is 0 Å². The van der Waals surface area contributed by atoms with Crippen LogP contribution in [0.4, 0.5) is 5.69 Å². The van der Waals surface area contributed by atoms with E-state index in [1.165, 1.54) is 6.92 Å². The highest BCUT2D eigenvalue weighted by molar-refractivity contribution is 9.10. The molecule has 3 N–H and O–H groups in total. The van der Waals surface area contributed by atoms with Crippen molar-refractivity contribution in [3.8, 4) is 0 Å². The van der Waals surface area contributed by atoms with E-state index in [1.54, 1.807) is 0 Å². The normalized spacial score (nSPS) is 12.4. The van der Waals surface area contributed by atoms with Gasteiger partial charge in [-0.2, -0.15) is 0 Å². The summed E-state index contributed by atoms with van der Waals surface area (Å²) >= 11 is 3.63. The number of anilines is 1. The minimum absolute atomic E-state index is 0.0254. The standard InChI is InChI=1S/C17H27BrN2O2/c1-11(22)20-15-8-13(16(2,3)4)14(18)7-12(15)9-19-17(5,6)10-21/h7-8,19,21H,9-10H2,1-6H3,(H,20,22). The topological polar surface area (TPSA) is 61.4 Å². The van der Waals surface area contributed by atoms with Gasteiger partial charge in [0.25, 0.3) is 0 Å². The van der Waals surface area contributed by atoms with Crippen molar-refractivity contribution < 1.29 is 9.90 Å². The quantitative estimate of drug-likeness (QED) is 0.742. The molecule has 0 unspecified atom stereocenters. The molecule has 0 atom stereocenters. The lowest BCUT2D eigenvalue weighted by Gasteiger charge is -2.26. The minimum atomic E-state index is -0.372. The van der Waals surface area contributed by atoms with Crippen LogP contribution in [0.15, 0.2) is 16.6 Å². The third kappa shape index (κ3) is 5.38. The maximum atomic E-state index is 11.5. The van der Waals surface area contributed by atoms with E-state index in [0.717, 1.165) is 21.3 Å². The van der Waals surface area contributed by atoms with E-state index in [0.29, 0.717) is 6.54 Å². The number of benzene rings is 1. The first kappa shape index (κ1) is 19.1. The molecule has 124 valence electrons. The van der Waals surface area contributed by atoms with E-state index >= 15 is 0 Å². The van der Waals surface area contributed by atoms with E-state index in [9.17, 15) is 9.90 Å². The molecule has 0 spiro atoms. The second kappa shape index (κ2) is 7.11. The van der Waals surface area contributed by atoms with Crippen LogP contribution in [0.1, 0.15) is 52.7 Å². The zero-order valence-electron chi connectivity index (χ0n) is 14.3. The summed E-state index contributed by atoms with van der Waals surface area (Å²) in [5, 5.41) is 15.6. The number of carbonyl (C=O) groups excluding carboxylic acids is 1. The molecule has 0 bridgehead atoms. The first-order valence-corrected chi connectivity index (χ1v) is 8.22. The van der Waals surface area contributed by atoms with Gasteiger partial charge in [0.2, 0.25) is 5.91 Å². The monoisotopic (exact) mass is 370 g/mol. The number of nitrogens with one attached hydrogen (secondary N) is 2. The summed E-state index contributed by atoms with van der Waals surface area (Å²) in [6.45, 7) is 12.4. The van der Waals surface area contributed by atoms with Gasteiger partial charge in [0.15, 0.2) is 0 Å². The smallest absolute Gasteiger partial charge is 0.221 e. The maximum Gasteiger partial charge on any atom is 0.221 e. The molecule has 1 amide bonds. The molecule has 0 aromatic heterocycles. The van der Waals surface area contributed by atoms with Crippen LogP contribution in [0.3, 0.4) is 0 Å². The van der Waals surface area contributed by atoms with Gasteiger partial charge in [0.1, 0.15) is 0 Å². The first-order chi connectivity index (χ1) is 9.96. The number of aliphatic hydroxyl groups excluding tert-OH is 1. The van der Waals surface area contributed by atoms with E-state index in [-0.39, 0.29) is 23.5 Å². The Hall–Kier alpha value is -0.910. The van der Waals surface area contributed by atoms with Gasteiger partial charge in [0.05, 0.1) is 6.61 Å². The van der Waals surface area contributed by atoms with E-state index < -0.39 is 0 Å². The van der Waals surface area contributed by atoms with Gasteiger partial charge in [0, 0.05) is 29.2 Å². The summed E-state index contributed by atoms with van der Waals surface area (Å²) in [6, 6.07) is 4.06. The number of carbonyl (C=O) groups is 1. The van der Waals surface area contributed by atoms with Crippen molar-refractivity contribution in [1.82, 2.24) is 5.32 Å². The maximum absolute atomic E-state index is 11.5. The van der Waals surface area contributed by atoms with Crippen LogP contribution < -0.4 is 10.6 Å². The Labute approximate surface area is 141 Å². The number of amides is 1. The molecule has 0 heterocycles. The molecular formula is C17H27BrN2O2. The van der Waals surface area contributed by atoms with Crippen LogP contribution in [-0.2, 0) is 16.8 Å². The van der Waals surface area contributed by atoms with Crippen LogP contribution in [0.25, 0.3) is 0 Å². The lowest BCUT2D eigenvalue weighted by Crippen LogP contribution is -2.42. The fourth-order valence-electron chi connectivity index (χ4n) is 2.03. The van der Waals surface area contributed by atoms with E-state index in [4.69, 9.17) is 0 Å². The van der Waals surface area contributed by atoms with Crippen LogP contribution in [0.5, 0.6) is 0 Å². The summed E-state index contributed by atoms with van der Waals surface area (Å²) in [5.74, 6) is -0.0927. The highest BCUT2D eigenvalue weighted by atomic mass is 79.9. The van der Waals surface area contributed by atoms with Crippen molar-refractivity contribution in [1.29, 1.82) is 0 Å². The molecule has 0 saturated carbocycles. The molecule has 0 radical (unpaired) electrons. The van der Waals surface area contributed by atoms with E-state index in [1.807, 2.05) is 26.0 Å². The molecule has 0 saturated heterocycles. The molecule has 1 rings (SSSR count). The Kier molecular flexibility index (Phi) is 6.18. The molecule has 0 aliphatic heterocycles. The Morgan fingerprint density at radius 2 is 1.82 bits per heavy atom. The van der Waals surface area contributed by atoms with Crippen molar-refractivity contribution in [2.45, 2.75) is 59.0 Å². The van der Waals surface area contributed by atoms with Gasteiger partial charge in [-0.05, 0) is 42.5 Å².